The first kappa shape index (κ1) is 21.3. The summed E-state index contributed by atoms with van der Waals surface area (Å²) in [4.78, 5) is 14.9. The fourth-order valence-corrected chi connectivity index (χ4v) is 4.48. The van der Waals surface area contributed by atoms with Gasteiger partial charge in [0.25, 0.3) is 0 Å². The molecule has 7 heteroatoms. The van der Waals surface area contributed by atoms with Crippen molar-refractivity contribution >= 4 is 39.8 Å². The molecule has 0 saturated carbocycles. The first-order valence-corrected chi connectivity index (χ1v) is 11.3. The lowest BCUT2D eigenvalue weighted by molar-refractivity contribution is -0.133. The van der Waals surface area contributed by atoms with E-state index in [0.717, 1.165) is 20.7 Å². The standard InChI is InChI=1S/C22H26N4OS2/c1-16-9-8-12-18(13-16)23-20-24-25-21(29-20)28-15-19(27)26(22(2,3)4)14-17-10-6-5-7-11-17/h5-13H,14-15H2,1-4H3,(H,23,24). The van der Waals surface area contributed by atoms with Crippen LogP contribution in [-0.2, 0) is 11.3 Å². The number of thioether (sulfide) groups is 1. The largest absolute Gasteiger partial charge is 0.333 e. The number of rotatable bonds is 7. The molecule has 0 fully saturated rings. The van der Waals surface area contributed by atoms with E-state index in [2.05, 4.69) is 55.3 Å². The zero-order valence-corrected chi connectivity index (χ0v) is 18.8. The minimum absolute atomic E-state index is 0.0924. The van der Waals surface area contributed by atoms with Crippen LogP contribution in [0.1, 0.15) is 31.9 Å². The quantitative estimate of drug-likeness (QED) is 0.505. The van der Waals surface area contributed by atoms with Crippen molar-refractivity contribution in [2.75, 3.05) is 11.1 Å². The van der Waals surface area contributed by atoms with Crippen molar-refractivity contribution < 1.29 is 4.79 Å². The average Bonchev–Trinajstić information content (AvgIpc) is 3.11. The third-order valence-corrected chi connectivity index (χ3v) is 6.25. The molecule has 0 spiro atoms. The molecule has 29 heavy (non-hydrogen) atoms. The first-order chi connectivity index (χ1) is 13.8. The Morgan fingerprint density at radius 2 is 1.86 bits per heavy atom. The molecular formula is C22H26N4OS2. The second kappa shape index (κ2) is 9.41. The normalized spacial score (nSPS) is 11.3. The molecule has 3 aromatic rings. The highest BCUT2D eigenvalue weighted by molar-refractivity contribution is 8.01. The Balaban J connectivity index is 1.60. The van der Waals surface area contributed by atoms with E-state index < -0.39 is 0 Å². The Morgan fingerprint density at radius 1 is 1.10 bits per heavy atom. The molecule has 3 rings (SSSR count). The molecule has 152 valence electrons. The zero-order chi connectivity index (χ0) is 20.9. The fourth-order valence-electron chi connectivity index (χ4n) is 2.83. The molecule has 1 heterocycles. The topological polar surface area (TPSA) is 58.1 Å². The molecule has 0 radical (unpaired) electrons. The molecule has 0 bridgehead atoms. The van der Waals surface area contributed by atoms with Gasteiger partial charge in [-0.2, -0.15) is 0 Å². The number of aryl methyl sites for hydroxylation is 1. The Labute approximate surface area is 180 Å². The third-order valence-electron chi connectivity index (χ3n) is 4.29. The molecule has 0 aliphatic rings. The summed E-state index contributed by atoms with van der Waals surface area (Å²) in [7, 11) is 0. The molecule has 0 saturated heterocycles. The number of carbonyl (C=O) groups is 1. The van der Waals surface area contributed by atoms with Gasteiger partial charge >= 0.3 is 0 Å². The maximum atomic E-state index is 12.9. The van der Waals surface area contributed by atoms with Gasteiger partial charge in [0.2, 0.25) is 11.0 Å². The highest BCUT2D eigenvalue weighted by Crippen LogP contribution is 2.29. The molecule has 1 aromatic heterocycles. The molecule has 2 aromatic carbocycles. The van der Waals surface area contributed by atoms with Gasteiger partial charge in [-0.1, -0.05) is 65.6 Å². The second-order valence-corrected chi connectivity index (χ2v) is 9.99. The van der Waals surface area contributed by atoms with E-state index in [9.17, 15) is 4.79 Å². The van der Waals surface area contributed by atoms with Gasteiger partial charge in [0, 0.05) is 17.8 Å². The molecule has 0 aliphatic heterocycles. The van der Waals surface area contributed by atoms with E-state index in [1.807, 2.05) is 47.4 Å². The van der Waals surface area contributed by atoms with Crippen LogP contribution >= 0.6 is 23.1 Å². The van der Waals surface area contributed by atoms with E-state index in [4.69, 9.17) is 0 Å². The molecule has 1 amide bonds. The average molecular weight is 427 g/mol. The van der Waals surface area contributed by atoms with Crippen molar-refractivity contribution in [1.82, 2.24) is 15.1 Å². The summed E-state index contributed by atoms with van der Waals surface area (Å²) in [5, 5.41) is 12.4. The number of carbonyl (C=O) groups excluding carboxylic acids is 1. The van der Waals surface area contributed by atoms with Crippen LogP contribution in [0, 0.1) is 6.92 Å². The van der Waals surface area contributed by atoms with Gasteiger partial charge in [0.15, 0.2) is 4.34 Å². The number of amides is 1. The maximum absolute atomic E-state index is 12.9. The lowest BCUT2D eigenvalue weighted by Gasteiger charge is -2.36. The van der Waals surface area contributed by atoms with E-state index in [1.165, 1.54) is 28.7 Å². The van der Waals surface area contributed by atoms with Gasteiger partial charge in [0.05, 0.1) is 5.75 Å². The van der Waals surface area contributed by atoms with E-state index >= 15 is 0 Å². The SMILES string of the molecule is Cc1cccc(Nc2nnc(SCC(=O)N(Cc3ccccc3)C(C)(C)C)s2)c1. The minimum Gasteiger partial charge on any atom is -0.333 e. The van der Waals surface area contributed by atoms with Crippen molar-refractivity contribution in [3.63, 3.8) is 0 Å². The van der Waals surface area contributed by atoms with Gasteiger partial charge in [-0.05, 0) is 51.0 Å². The first-order valence-electron chi connectivity index (χ1n) is 9.45. The monoisotopic (exact) mass is 426 g/mol. The zero-order valence-electron chi connectivity index (χ0n) is 17.2. The predicted molar refractivity (Wildman–Crippen MR) is 122 cm³/mol. The second-order valence-electron chi connectivity index (χ2n) is 7.79. The number of nitrogens with zero attached hydrogens (tertiary/aromatic N) is 3. The third kappa shape index (κ3) is 6.30. The molecule has 0 atom stereocenters. The van der Waals surface area contributed by atoms with Gasteiger partial charge in [-0.25, -0.2) is 0 Å². The predicted octanol–water partition coefficient (Wildman–Crippen LogP) is 5.51. The lowest BCUT2D eigenvalue weighted by atomic mass is 10.0. The number of benzene rings is 2. The summed E-state index contributed by atoms with van der Waals surface area (Å²) < 4.78 is 0.780. The summed E-state index contributed by atoms with van der Waals surface area (Å²) in [6, 6.07) is 18.2. The van der Waals surface area contributed by atoms with E-state index in [1.54, 1.807) is 0 Å². The van der Waals surface area contributed by atoms with Crippen molar-refractivity contribution in [3.8, 4) is 0 Å². The van der Waals surface area contributed by atoms with Crippen LogP contribution in [0.2, 0.25) is 0 Å². The van der Waals surface area contributed by atoms with Crippen molar-refractivity contribution in [2.24, 2.45) is 0 Å². The fraction of sp³-hybridized carbons (Fsp3) is 0.318. The van der Waals surface area contributed by atoms with Crippen molar-refractivity contribution in [2.45, 2.75) is 44.1 Å². The van der Waals surface area contributed by atoms with Crippen LogP contribution in [-0.4, -0.2) is 32.3 Å². The summed E-state index contributed by atoms with van der Waals surface area (Å²) in [6.07, 6.45) is 0. The Hall–Kier alpha value is -2.38. The molecule has 5 nitrogen and oxygen atoms in total. The van der Waals surface area contributed by atoms with Crippen LogP contribution in [0.3, 0.4) is 0 Å². The molecule has 0 aliphatic carbocycles. The number of aromatic nitrogens is 2. The number of hydrogen-bond acceptors (Lipinski definition) is 6. The summed E-state index contributed by atoms with van der Waals surface area (Å²) in [5.41, 5.74) is 3.03. The van der Waals surface area contributed by atoms with Gasteiger partial charge < -0.3 is 10.2 Å². The smallest absolute Gasteiger partial charge is 0.233 e. The minimum atomic E-state index is -0.257. The van der Waals surface area contributed by atoms with Gasteiger partial charge in [-0.15, -0.1) is 10.2 Å². The van der Waals surface area contributed by atoms with Crippen LogP contribution in [0.15, 0.2) is 58.9 Å². The van der Waals surface area contributed by atoms with E-state index in [-0.39, 0.29) is 11.4 Å². The number of anilines is 2. The molecule has 0 unspecified atom stereocenters. The Morgan fingerprint density at radius 3 is 2.55 bits per heavy atom. The van der Waals surface area contributed by atoms with E-state index in [0.29, 0.717) is 12.3 Å². The highest BCUT2D eigenvalue weighted by atomic mass is 32.2. The van der Waals surface area contributed by atoms with Gasteiger partial charge in [-0.3, -0.25) is 4.79 Å². The summed E-state index contributed by atoms with van der Waals surface area (Å²) in [5.74, 6) is 0.429. The van der Waals surface area contributed by atoms with Crippen LogP contribution in [0.5, 0.6) is 0 Å². The number of nitrogens with one attached hydrogen (secondary N) is 1. The maximum Gasteiger partial charge on any atom is 0.233 e. The van der Waals surface area contributed by atoms with Gasteiger partial charge in [0.1, 0.15) is 0 Å². The Kier molecular flexibility index (Phi) is 6.92. The van der Waals surface area contributed by atoms with Crippen LogP contribution in [0.25, 0.3) is 0 Å². The van der Waals surface area contributed by atoms with Crippen LogP contribution in [0.4, 0.5) is 10.8 Å². The Bertz CT molecular complexity index is 951. The lowest BCUT2D eigenvalue weighted by Crippen LogP contribution is -2.45. The molecule has 1 N–H and O–H groups in total. The van der Waals surface area contributed by atoms with Crippen molar-refractivity contribution in [3.05, 3.63) is 65.7 Å². The molecular weight excluding hydrogens is 400 g/mol. The summed E-state index contributed by atoms with van der Waals surface area (Å²) >= 11 is 2.89. The number of hydrogen-bond donors (Lipinski definition) is 1. The highest BCUT2D eigenvalue weighted by Gasteiger charge is 2.26. The summed E-state index contributed by atoms with van der Waals surface area (Å²) in [6.45, 7) is 8.84. The van der Waals surface area contributed by atoms with Crippen LogP contribution < -0.4 is 5.32 Å². The van der Waals surface area contributed by atoms with Crippen molar-refractivity contribution in [1.29, 1.82) is 0 Å².